The first-order chi connectivity index (χ1) is 11.3. The van der Waals surface area contributed by atoms with E-state index in [4.69, 9.17) is 0 Å². The van der Waals surface area contributed by atoms with Crippen molar-refractivity contribution in [1.29, 1.82) is 0 Å². The van der Waals surface area contributed by atoms with Gasteiger partial charge in [-0.15, -0.1) is 11.3 Å². The van der Waals surface area contributed by atoms with Crippen molar-refractivity contribution in [2.75, 3.05) is 5.32 Å². The van der Waals surface area contributed by atoms with Crippen LogP contribution in [0.3, 0.4) is 0 Å². The lowest BCUT2D eigenvalue weighted by molar-refractivity contribution is 0.102. The van der Waals surface area contributed by atoms with Gasteiger partial charge >= 0.3 is 0 Å². The Morgan fingerprint density at radius 2 is 2.22 bits per heavy atom. The van der Waals surface area contributed by atoms with Crippen LogP contribution in [0.2, 0.25) is 0 Å². The summed E-state index contributed by atoms with van der Waals surface area (Å²) in [6, 6.07) is 9.60. The molecular formula is C17H16N4OS. The van der Waals surface area contributed by atoms with Crippen LogP contribution in [0.25, 0.3) is 0 Å². The molecule has 6 heteroatoms. The van der Waals surface area contributed by atoms with Crippen LogP contribution in [0.4, 0.5) is 5.82 Å². The van der Waals surface area contributed by atoms with Gasteiger partial charge in [-0.2, -0.15) is 5.10 Å². The van der Waals surface area contributed by atoms with Crippen molar-refractivity contribution in [3.8, 4) is 0 Å². The Kier molecular flexibility index (Phi) is 3.67. The Labute approximate surface area is 138 Å². The van der Waals surface area contributed by atoms with Gasteiger partial charge in [-0.05, 0) is 43.0 Å². The van der Waals surface area contributed by atoms with Crippen LogP contribution in [0.1, 0.15) is 32.2 Å². The predicted octanol–water partition coefficient (Wildman–Crippen LogP) is 3.13. The van der Waals surface area contributed by atoms with Gasteiger partial charge in [0.1, 0.15) is 5.82 Å². The quantitative estimate of drug-likeness (QED) is 0.802. The van der Waals surface area contributed by atoms with Gasteiger partial charge in [0.25, 0.3) is 5.91 Å². The van der Waals surface area contributed by atoms with Gasteiger partial charge in [0.05, 0.1) is 23.3 Å². The van der Waals surface area contributed by atoms with Crippen LogP contribution < -0.4 is 5.32 Å². The molecule has 1 aliphatic carbocycles. The molecule has 0 fully saturated rings. The third kappa shape index (κ3) is 2.90. The molecule has 116 valence electrons. The van der Waals surface area contributed by atoms with Crippen LogP contribution >= 0.6 is 11.3 Å². The Morgan fingerprint density at radius 3 is 3.04 bits per heavy atom. The third-order valence-corrected chi connectivity index (χ3v) is 5.20. The first-order valence-corrected chi connectivity index (χ1v) is 8.46. The van der Waals surface area contributed by atoms with Crippen LogP contribution in [-0.2, 0) is 19.4 Å². The molecule has 1 N–H and O–H groups in total. The molecule has 0 aromatic carbocycles. The van der Waals surface area contributed by atoms with Gasteiger partial charge in [0, 0.05) is 17.1 Å². The molecule has 1 aliphatic rings. The number of thiophene rings is 1. The highest BCUT2D eigenvalue weighted by Crippen LogP contribution is 2.31. The maximum Gasteiger partial charge on any atom is 0.266 e. The standard InChI is InChI=1S/C17H16N4OS/c22-17(15-10-12-4-3-6-14(12)23-15)20-16-7-9-19-21(16)11-13-5-1-2-8-18-13/h1-2,5,7-10H,3-4,6,11H2,(H,20,22). The van der Waals surface area contributed by atoms with E-state index in [-0.39, 0.29) is 5.91 Å². The number of amides is 1. The lowest BCUT2D eigenvalue weighted by atomic mass is 10.2. The van der Waals surface area contributed by atoms with E-state index in [1.165, 1.54) is 16.9 Å². The summed E-state index contributed by atoms with van der Waals surface area (Å²) in [5.74, 6) is 0.626. The molecule has 3 heterocycles. The fraction of sp³-hybridized carbons (Fsp3) is 0.235. The molecule has 3 aromatic heterocycles. The molecule has 0 aliphatic heterocycles. The predicted molar refractivity (Wildman–Crippen MR) is 89.9 cm³/mol. The van der Waals surface area contributed by atoms with Crippen LogP contribution in [-0.4, -0.2) is 20.7 Å². The second-order valence-electron chi connectivity index (χ2n) is 5.56. The van der Waals surface area contributed by atoms with E-state index in [1.54, 1.807) is 28.4 Å². The summed E-state index contributed by atoms with van der Waals surface area (Å²) in [5, 5.41) is 7.23. The minimum atomic E-state index is -0.0628. The topological polar surface area (TPSA) is 59.8 Å². The van der Waals surface area contributed by atoms with E-state index in [9.17, 15) is 4.79 Å². The van der Waals surface area contributed by atoms with Crippen LogP contribution in [0.5, 0.6) is 0 Å². The van der Waals surface area contributed by atoms with Crippen molar-refractivity contribution in [3.05, 3.63) is 63.7 Å². The number of hydrogen-bond acceptors (Lipinski definition) is 4. The number of carbonyl (C=O) groups is 1. The van der Waals surface area contributed by atoms with E-state index in [2.05, 4.69) is 15.4 Å². The fourth-order valence-electron chi connectivity index (χ4n) is 2.83. The minimum Gasteiger partial charge on any atom is -0.306 e. The number of pyridine rings is 1. The van der Waals surface area contributed by atoms with E-state index in [0.29, 0.717) is 12.4 Å². The van der Waals surface area contributed by atoms with E-state index in [1.807, 2.05) is 30.3 Å². The van der Waals surface area contributed by atoms with Gasteiger partial charge in [0.15, 0.2) is 0 Å². The molecular weight excluding hydrogens is 308 g/mol. The van der Waals surface area contributed by atoms with Gasteiger partial charge in [-0.25, -0.2) is 4.68 Å². The van der Waals surface area contributed by atoms with Gasteiger partial charge in [-0.3, -0.25) is 9.78 Å². The summed E-state index contributed by atoms with van der Waals surface area (Å²) in [4.78, 5) is 18.9. The van der Waals surface area contributed by atoms with Gasteiger partial charge in [0.2, 0.25) is 0 Å². The number of nitrogens with one attached hydrogen (secondary N) is 1. The van der Waals surface area contributed by atoms with Crippen molar-refractivity contribution in [1.82, 2.24) is 14.8 Å². The zero-order valence-electron chi connectivity index (χ0n) is 12.5. The van der Waals surface area contributed by atoms with Crippen molar-refractivity contribution < 1.29 is 4.79 Å². The zero-order valence-corrected chi connectivity index (χ0v) is 13.3. The Morgan fingerprint density at radius 1 is 1.26 bits per heavy atom. The number of hydrogen-bond donors (Lipinski definition) is 1. The summed E-state index contributed by atoms with van der Waals surface area (Å²) in [6.07, 6.45) is 6.85. The van der Waals surface area contributed by atoms with E-state index < -0.39 is 0 Å². The largest absolute Gasteiger partial charge is 0.306 e. The number of nitrogens with zero attached hydrogens (tertiary/aromatic N) is 3. The number of carbonyl (C=O) groups excluding carboxylic acids is 1. The zero-order chi connectivity index (χ0) is 15.6. The summed E-state index contributed by atoms with van der Waals surface area (Å²) in [5.41, 5.74) is 2.24. The number of aryl methyl sites for hydroxylation is 2. The highest BCUT2D eigenvalue weighted by Gasteiger charge is 2.19. The molecule has 0 radical (unpaired) electrons. The second kappa shape index (κ2) is 5.96. The first-order valence-electron chi connectivity index (χ1n) is 7.64. The number of aromatic nitrogens is 3. The highest BCUT2D eigenvalue weighted by molar-refractivity contribution is 7.14. The molecule has 0 unspecified atom stereocenters. The molecule has 5 nitrogen and oxygen atoms in total. The Bertz CT molecular complexity index is 816. The average Bonchev–Trinajstić information content (AvgIpc) is 3.24. The molecule has 23 heavy (non-hydrogen) atoms. The number of fused-ring (bicyclic) bond motifs is 1. The monoisotopic (exact) mass is 324 g/mol. The molecule has 0 atom stereocenters. The summed E-state index contributed by atoms with van der Waals surface area (Å²) < 4.78 is 1.75. The Hall–Kier alpha value is -2.47. The van der Waals surface area contributed by atoms with Crippen molar-refractivity contribution >= 4 is 23.1 Å². The third-order valence-electron chi connectivity index (χ3n) is 3.97. The maximum atomic E-state index is 12.5. The number of rotatable bonds is 4. The van der Waals surface area contributed by atoms with Crippen LogP contribution in [0, 0.1) is 0 Å². The van der Waals surface area contributed by atoms with Gasteiger partial charge in [-0.1, -0.05) is 6.07 Å². The molecule has 0 saturated carbocycles. The van der Waals surface area contributed by atoms with E-state index >= 15 is 0 Å². The molecule has 0 bridgehead atoms. The lowest BCUT2D eigenvalue weighted by Gasteiger charge is -2.08. The minimum absolute atomic E-state index is 0.0628. The average molecular weight is 324 g/mol. The first kappa shape index (κ1) is 14.1. The SMILES string of the molecule is O=C(Nc1ccnn1Cc1ccccn1)c1cc2c(s1)CCC2. The second-order valence-corrected chi connectivity index (χ2v) is 6.70. The Balaban J connectivity index is 1.50. The molecule has 4 rings (SSSR count). The maximum absolute atomic E-state index is 12.5. The summed E-state index contributed by atoms with van der Waals surface area (Å²) >= 11 is 1.61. The fourth-order valence-corrected chi connectivity index (χ4v) is 3.98. The molecule has 0 saturated heterocycles. The summed E-state index contributed by atoms with van der Waals surface area (Å²) in [7, 11) is 0. The lowest BCUT2D eigenvalue weighted by Crippen LogP contribution is -2.15. The van der Waals surface area contributed by atoms with Crippen molar-refractivity contribution in [2.24, 2.45) is 0 Å². The van der Waals surface area contributed by atoms with E-state index in [0.717, 1.165) is 23.4 Å². The smallest absolute Gasteiger partial charge is 0.266 e. The van der Waals surface area contributed by atoms with Crippen molar-refractivity contribution in [2.45, 2.75) is 25.8 Å². The molecule has 1 amide bonds. The van der Waals surface area contributed by atoms with Gasteiger partial charge < -0.3 is 5.32 Å². The summed E-state index contributed by atoms with van der Waals surface area (Å²) in [6.45, 7) is 0.532. The molecule has 3 aromatic rings. The van der Waals surface area contributed by atoms with Crippen LogP contribution in [0.15, 0.2) is 42.7 Å². The normalized spacial score (nSPS) is 13.0. The number of anilines is 1. The molecule has 0 spiro atoms. The highest BCUT2D eigenvalue weighted by atomic mass is 32.1. The van der Waals surface area contributed by atoms with Crippen molar-refractivity contribution in [3.63, 3.8) is 0 Å².